The van der Waals surface area contributed by atoms with E-state index in [-0.39, 0.29) is 6.44 Å². The van der Waals surface area contributed by atoms with Crippen LogP contribution in [0.15, 0.2) is 0 Å². The summed E-state index contributed by atoms with van der Waals surface area (Å²) in [5.41, 5.74) is 4.72. The van der Waals surface area contributed by atoms with Crippen LogP contribution in [0.1, 0.15) is 0 Å². The molecule has 0 spiro atoms. The average molecular weight is 57.9 g/mol. The first-order valence-electron chi connectivity index (χ1n) is 1.07. The summed E-state index contributed by atoms with van der Waals surface area (Å²) in [7, 11) is 0.903. The predicted octanol–water partition coefficient (Wildman–Crippen LogP) is -1.49. The molecule has 2 nitrogen and oxygen atoms in total. The number of hydrogen-bond acceptors (Lipinski definition) is 2. The van der Waals surface area contributed by atoms with Crippen LogP contribution in [-0.4, -0.2) is 19.0 Å². The lowest BCUT2D eigenvalue weighted by atomic mass is 10.1. The van der Waals surface area contributed by atoms with Crippen LogP contribution in [0, 0.1) is 0 Å². The first-order valence-corrected chi connectivity index (χ1v) is 1.07. The van der Waals surface area contributed by atoms with Crippen LogP contribution >= 0.6 is 0 Å². The largest absolute Gasteiger partial charge is 0.453 e. The van der Waals surface area contributed by atoms with Gasteiger partial charge in [0, 0.05) is 0 Å². The Labute approximate surface area is 25.9 Å². The van der Waals surface area contributed by atoms with Gasteiger partial charge in [-0.1, -0.05) is 0 Å². The molecule has 0 heterocycles. The summed E-state index contributed by atoms with van der Waals surface area (Å²) >= 11 is 0. The van der Waals surface area contributed by atoms with Gasteiger partial charge in [-0.05, 0) is 6.44 Å². The van der Waals surface area contributed by atoms with Crippen molar-refractivity contribution in [2.45, 2.75) is 0 Å². The molecule has 0 fully saturated rings. The van der Waals surface area contributed by atoms with Gasteiger partial charge in [0.2, 0.25) is 0 Å². The van der Waals surface area contributed by atoms with Crippen LogP contribution in [0.5, 0.6) is 0 Å². The molecule has 0 aromatic heterocycles. The van der Waals surface area contributed by atoms with Gasteiger partial charge in [-0.15, -0.1) is 0 Å². The van der Waals surface area contributed by atoms with E-state index in [4.69, 9.17) is 10.8 Å². The molecule has 0 unspecified atom stereocenters. The quantitative estimate of drug-likeness (QED) is 0.361. The summed E-state index contributed by atoms with van der Waals surface area (Å²) in [5, 5.41) is 7.62. The van der Waals surface area contributed by atoms with Gasteiger partial charge in [-0.3, -0.25) is 0 Å². The van der Waals surface area contributed by atoms with Crippen molar-refractivity contribution >= 4 is 7.48 Å². The lowest BCUT2D eigenvalue weighted by Gasteiger charge is -1.65. The van der Waals surface area contributed by atoms with E-state index in [0.717, 1.165) is 7.48 Å². The third-order valence-electron chi connectivity index (χ3n) is 0.105. The summed E-state index contributed by atoms with van der Waals surface area (Å²) in [5.74, 6) is 0. The highest BCUT2D eigenvalue weighted by Crippen LogP contribution is 1.25. The van der Waals surface area contributed by atoms with E-state index < -0.39 is 0 Å². The molecule has 0 saturated carbocycles. The maximum Gasteiger partial charge on any atom is 0.302 e. The molecular weight excluding hydrogens is 52.8 g/mol. The molecule has 4 heavy (non-hydrogen) atoms. The molecule has 23 valence electrons. The maximum atomic E-state index is 7.62. The molecule has 0 atom stereocenters. The van der Waals surface area contributed by atoms with Crippen molar-refractivity contribution in [3.8, 4) is 0 Å². The van der Waals surface area contributed by atoms with Gasteiger partial charge in [0.1, 0.15) is 0 Å². The Kier molecular flexibility index (Phi) is 2.97. The summed E-state index contributed by atoms with van der Waals surface area (Å²) in [6, 6.07) is 0. The summed E-state index contributed by atoms with van der Waals surface area (Å²) in [6.45, 7) is 0. The topological polar surface area (TPSA) is 46.2 Å². The maximum absolute atomic E-state index is 7.62. The minimum absolute atomic E-state index is 0.250. The van der Waals surface area contributed by atoms with Gasteiger partial charge in [0.25, 0.3) is 0 Å². The van der Waals surface area contributed by atoms with Crippen LogP contribution < -0.4 is 5.73 Å². The second-order valence-corrected chi connectivity index (χ2v) is 0.418. The molecule has 0 aliphatic carbocycles. The summed E-state index contributed by atoms with van der Waals surface area (Å²) in [6.07, 6.45) is 0.250. The summed E-state index contributed by atoms with van der Waals surface area (Å²) < 4.78 is 0. The lowest BCUT2D eigenvalue weighted by molar-refractivity contribution is 0.602. The molecule has 3 heteroatoms. The van der Waals surface area contributed by atoms with Crippen molar-refractivity contribution in [3.05, 3.63) is 0 Å². The molecule has 0 aliphatic rings. The Bertz CT molecular complexity index is 10.0. The molecule has 0 bridgehead atoms. The SMILES string of the molecule is NC[B]O. The van der Waals surface area contributed by atoms with Gasteiger partial charge in [0.05, 0.1) is 0 Å². The molecule has 3 N–H and O–H groups in total. The molecule has 0 amide bonds. The predicted molar refractivity (Wildman–Crippen MR) is 17.0 cm³/mol. The Hall–Kier alpha value is -0.0151. The number of nitrogens with two attached hydrogens (primary N) is 1. The van der Waals surface area contributed by atoms with E-state index in [2.05, 4.69) is 0 Å². The zero-order chi connectivity index (χ0) is 3.41. The third kappa shape index (κ3) is 1.98. The second-order valence-electron chi connectivity index (χ2n) is 0.418. The normalized spacial score (nSPS) is 6.50. The van der Waals surface area contributed by atoms with Crippen LogP contribution in [0.2, 0.25) is 0 Å². The van der Waals surface area contributed by atoms with E-state index in [1.807, 2.05) is 0 Å². The Morgan fingerprint density at radius 1 is 2.00 bits per heavy atom. The number of rotatable bonds is 1. The van der Waals surface area contributed by atoms with E-state index in [1.54, 1.807) is 0 Å². The fourth-order valence-electron chi connectivity index (χ4n) is 0. The van der Waals surface area contributed by atoms with Crippen molar-refractivity contribution in [2.75, 3.05) is 6.44 Å². The van der Waals surface area contributed by atoms with Gasteiger partial charge >= 0.3 is 7.48 Å². The molecule has 0 rings (SSSR count). The first-order chi connectivity index (χ1) is 1.91. The lowest BCUT2D eigenvalue weighted by Crippen LogP contribution is -2.06. The Balaban J connectivity index is 1.97. The highest BCUT2D eigenvalue weighted by Gasteiger charge is 1.65. The third-order valence-corrected chi connectivity index (χ3v) is 0.105. The molecule has 0 aromatic rings. The highest BCUT2D eigenvalue weighted by atomic mass is 16.2. The molecule has 1 radical (unpaired) electrons. The van der Waals surface area contributed by atoms with Crippen LogP contribution in [0.3, 0.4) is 0 Å². The van der Waals surface area contributed by atoms with E-state index in [0.29, 0.717) is 0 Å². The van der Waals surface area contributed by atoms with Crippen LogP contribution in [0.25, 0.3) is 0 Å². The van der Waals surface area contributed by atoms with Crippen LogP contribution in [-0.2, 0) is 0 Å². The first kappa shape index (κ1) is 3.98. The van der Waals surface area contributed by atoms with E-state index in [9.17, 15) is 0 Å². The second kappa shape index (κ2) is 2.98. The average Bonchev–Trinajstić information content (AvgIpc) is 1.37. The fraction of sp³-hybridized carbons (Fsp3) is 1.00. The van der Waals surface area contributed by atoms with Gasteiger partial charge in [-0.2, -0.15) is 0 Å². The molecule has 0 aromatic carbocycles. The van der Waals surface area contributed by atoms with Gasteiger partial charge < -0.3 is 10.8 Å². The molecule has 0 aliphatic heterocycles. The van der Waals surface area contributed by atoms with Crippen molar-refractivity contribution in [3.63, 3.8) is 0 Å². The highest BCUT2D eigenvalue weighted by molar-refractivity contribution is 6.25. The molecular formula is CH5BNO. The van der Waals surface area contributed by atoms with Crippen molar-refractivity contribution < 1.29 is 5.02 Å². The fourth-order valence-corrected chi connectivity index (χ4v) is 0. The standard InChI is InChI=1S/CH5BNO/c3-1-2-4/h4H,1,3H2. The Morgan fingerprint density at radius 2 is 2.25 bits per heavy atom. The summed E-state index contributed by atoms with van der Waals surface area (Å²) in [4.78, 5) is 0. The number of hydrogen-bond donors (Lipinski definition) is 2. The minimum atomic E-state index is 0.250. The molecule has 0 saturated heterocycles. The minimum Gasteiger partial charge on any atom is -0.453 e. The zero-order valence-electron chi connectivity index (χ0n) is 2.31. The van der Waals surface area contributed by atoms with Crippen molar-refractivity contribution in [1.29, 1.82) is 0 Å². The van der Waals surface area contributed by atoms with Crippen molar-refractivity contribution in [2.24, 2.45) is 5.73 Å². The van der Waals surface area contributed by atoms with Crippen molar-refractivity contribution in [1.82, 2.24) is 0 Å². The Morgan fingerprint density at radius 3 is 2.25 bits per heavy atom. The van der Waals surface area contributed by atoms with Crippen LogP contribution in [0.4, 0.5) is 0 Å². The van der Waals surface area contributed by atoms with Gasteiger partial charge in [-0.25, -0.2) is 0 Å². The van der Waals surface area contributed by atoms with Gasteiger partial charge in [0.15, 0.2) is 0 Å². The van der Waals surface area contributed by atoms with E-state index >= 15 is 0 Å². The van der Waals surface area contributed by atoms with E-state index in [1.165, 1.54) is 0 Å². The monoisotopic (exact) mass is 58.0 g/mol. The smallest absolute Gasteiger partial charge is 0.302 e. The zero-order valence-corrected chi connectivity index (χ0v) is 2.31.